The van der Waals surface area contributed by atoms with Gasteiger partial charge in [0.05, 0.1) is 4.90 Å². The zero-order chi connectivity index (χ0) is 15.3. The van der Waals surface area contributed by atoms with Gasteiger partial charge < -0.3 is 15.2 Å². The minimum absolute atomic E-state index is 0.187. The Kier molecular flexibility index (Phi) is 5.16. The maximum atomic E-state index is 12.5. The molecule has 0 amide bonds. The molecule has 0 saturated carbocycles. The van der Waals surface area contributed by atoms with Crippen LogP contribution in [0.4, 0.5) is 0 Å². The Labute approximate surface area is 123 Å². The topological polar surface area (TPSA) is 95.9 Å². The molecule has 0 bridgehead atoms. The smallest absolute Gasteiger partial charge is 0.341 e. The number of aliphatic carboxylic acids is 1. The van der Waals surface area contributed by atoms with Gasteiger partial charge in [-0.15, -0.1) is 0 Å². The number of ether oxygens (including phenoxy) is 1. The van der Waals surface area contributed by atoms with Crippen LogP contribution in [0.5, 0.6) is 5.75 Å². The van der Waals surface area contributed by atoms with Gasteiger partial charge in [-0.2, -0.15) is 4.31 Å². The molecule has 21 heavy (non-hydrogen) atoms. The van der Waals surface area contributed by atoms with Crippen LogP contribution < -0.4 is 10.1 Å². The van der Waals surface area contributed by atoms with Crippen LogP contribution in [0.1, 0.15) is 6.42 Å². The highest BCUT2D eigenvalue weighted by Gasteiger charge is 2.24. The van der Waals surface area contributed by atoms with E-state index in [9.17, 15) is 13.2 Å². The summed E-state index contributed by atoms with van der Waals surface area (Å²) in [5.74, 6) is -0.752. The summed E-state index contributed by atoms with van der Waals surface area (Å²) in [7, 11) is -3.51. The molecule has 0 aliphatic carbocycles. The lowest BCUT2D eigenvalue weighted by Gasteiger charge is -2.19. The second-order valence-electron chi connectivity index (χ2n) is 4.66. The Bertz CT molecular complexity index is 577. The standard InChI is InChI=1S/C13H18N2O5S/c16-13(17)10-20-11-2-4-12(5-3-11)21(18,19)15-8-1-6-14-7-9-15/h2-5,14H,1,6-10H2,(H,16,17). The molecule has 1 heterocycles. The van der Waals surface area contributed by atoms with E-state index in [0.717, 1.165) is 13.0 Å². The first-order valence-corrected chi connectivity index (χ1v) is 8.10. The molecule has 0 aromatic heterocycles. The summed E-state index contributed by atoms with van der Waals surface area (Å²) >= 11 is 0. The van der Waals surface area contributed by atoms with Crippen molar-refractivity contribution in [2.45, 2.75) is 11.3 Å². The van der Waals surface area contributed by atoms with Crippen molar-refractivity contribution in [3.8, 4) is 5.75 Å². The number of carboxylic acid groups (broad SMARTS) is 1. The molecule has 1 fully saturated rings. The van der Waals surface area contributed by atoms with Crippen molar-refractivity contribution in [3.05, 3.63) is 24.3 Å². The van der Waals surface area contributed by atoms with Crippen LogP contribution in [0.15, 0.2) is 29.2 Å². The third-order valence-electron chi connectivity index (χ3n) is 3.12. The molecule has 0 radical (unpaired) electrons. The maximum absolute atomic E-state index is 12.5. The van der Waals surface area contributed by atoms with Gasteiger partial charge >= 0.3 is 5.97 Å². The summed E-state index contributed by atoms with van der Waals surface area (Å²) in [6, 6.07) is 5.80. The first-order chi connectivity index (χ1) is 10.00. The average Bonchev–Trinajstić information content (AvgIpc) is 2.75. The SMILES string of the molecule is O=C(O)COc1ccc(S(=O)(=O)N2CCCNCC2)cc1. The summed E-state index contributed by atoms with van der Waals surface area (Å²) < 4.78 is 31.4. The van der Waals surface area contributed by atoms with Gasteiger partial charge in [-0.1, -0.05) is 0 Å². The first-order valence-electron chi connectivity index (χ1n) is 6.66. The van der Waals surface area contributed by atoms with Crippen LogP contribution >= 0.6 is 0 Å². The fourth-order valence-corrected chi connectivity index (χ4v) is 3.54. The molecule has 1 aromatic rings. The van der Waals surface area contributed by atoms with E-state index in [1.807, 2.05) is 0 Å². The van der Waals surface area contributed by atoms with E-state index in [1.54, 1.807) is 0 Å². The fourth-order valence-electron chi connectivity index (χ4n) is 2.06. The van der Waals surface area contributed by atoms with Crippen molar-refractivity contribution < 1.29 is 23.1 Å². The summed E-state index contributed by atoms with van der Waals surface area (Å²) in [6.07, 6.45) is 0.777. The van der Waals surface area contributed by atoms with Crippen LogP contribution in [-0.4, -0.2) is 56.6 Å². The number of nitrogens with zero attached hydrogens (tertiary/aromatic N) is 1. The van der Waals surface area contributed by atoms with E-state index in [4.69, 9.17) is 9.84 Å². The highest BCUT2D eigenvalue weighted by atomic mass is 32.2. The minimum Gasteiger partial charge on any atom is -0.482 e. The maximum Gasteiger partial charge on any atom is 0.341 e. The van der Waals surface area contributed by atoms with Gasteiger partial charge in [-0.05, 0) is 37.2 Å². The van der Waals surface area contributed by atoms with E-state index in [1.165, 1.54) is 28.6 Å². The molecule has 0 unspecified atom stereocenters. The lowest BCUT2D eigenvalue weighted by molar-refractivity contribution is -0.139. The van der Waals surface area contributed by atoms with Gasteiger partial charge in [0.2, 0.25) is 10.0 Å². The molecule has 2 N–H and O–H groups in total. The fraction of sp³-hybridized carbons (Fsp3) is 0.462. The summed E-state index contributed by atoms with van der Waals surface area (Å²) in [5, 5.41) is 11.7. The van der Waals surface area contributed by atoms with Crippen molar-refractivity contribution in [1.82, 2.24) is 9.62 Å². The van der Waals surface area contributed by atoms with Gasteiger partial charge in [0.15, 0.2) is 6.61 Å². The summed E-state index contributed by atoms with van der Waals surface area (Å²) in [5.41, 5.74) is 0. The van der Waals surface area contributed by atoms with Gasteiger partial charge in [-0.25, -0.2) is 13.2 Å². The Hall–Kier alpha value is -1.64. The molecule has 1 aliphatic heterocycles. The normalized spacial score (nSPS) is 17.1. The number of sulfonamides is 1. The van der Waals surface area contributed by atoms with E-state index in [2.05, 4.69) is 5.32 Å². The Morgan fingerprint density at radius 1 is 1.24 bits per heavy atom. The van der Waals surface area contributed by atoms with Gasteiger partial charge in [-0.3, -0.25) is 0 Å². The van der Waals surface area contributed by atoms with Crippen molar-refractivity contribution in [3.63, 3.8) is 0 Å². The minimum atomic E-state index is -3.51. The summed E-state index contributed by atoms with van der Waals surface area (Å²) in [6.45, 7) is 1.93. The van der Waals surface area contributed by atoms with Crippen molar-refractivity contribution >= 4 is 16.0 Å². The van der Waals surface area contributed by atoms with E-state index in [0.29, 0.717) is 25.4 Å². The number of carbonyl (C=O) groups is 1. The highest BCUT2D eigenvalue weighted by Crippen LogP contribution is 2.20. The van der Waals surface area contributed by atoms with Crippen LogP contribution in [0, 0.1) is 0 Å². The number of hydrogen-bond acceptors (Lipinski definition) is 5. The number of nitrogens with one attached hydrogen (secondary N) is 1. The van der Waals surface area contributed by atoms with Gasteiger partial charge in [0, 0.05) is 19.6 Å². The van der Waals surface area contributed by atoms with Crippen molar-refractivity contribution in [2.24, 2.45) is 0 Å². The van der Waals surface area contributed by atoms with E-state index < -0.39 is 22.6 Å². The zero-order valence-corrected chi connectivity index (χ0v) is 12.3. The van der Waals surface area contributed by atoms with Crippen LogP contribution in [0.25, 0.3) is 0 Å². The first kappa shape index (κ1) is 15.7. The summed E-state index contributed by atoms with van der Waals surface area (Å²) in [4.78, 5) is 10.6. The lowest BCUT2D eigenvalue weighted by atomic mass is 10.3. The number of rotatable bonds is 5. The molecule has 2 rings (SSSR count). The number of carboxylic acids is 1. The molecular formula is C13H18N2O5S. The third-order valence-corrected chi connectivity index (χ3v) is 5.04. The van der Waals surface area contributed by atoms with E-state index in [-0.39, 0.29) is 4.90 Å². The lowest BCUT2D eigenvalue weighted by Crippen LogP contribution is -2.34. The molecule has 0 atom stereocenters. The Morgan fingerprint density at radius 2 is 1.95 bits per heavy atom. The molecule has 1 aliphatic rings. The Balaban J connectivity index is 2.10. The Morgan fingerprint density at radius 3 is 2.62 bits per heavy atom. The third kappa shape index (κ3) is 4.16. The predicted octanol–water partition coefficient (Wildman–Crippen LogP) is 0.134. The van der Waals surface area contributed by atoms with Crippen molar-refractivity contribution in [2.75, 3.05) is 32.8 Å². The number of benzene rings is 1. The van der Waals surface area contributed by atoms with Gasteiger partial charge in [0.1, 0.15) is 5.75 Å². The highest BCUT2D eigenvalue weighted by molar-refractivity contribution is 7.89. The van der Waals surface area contributed by atoms with Crippen LogP contribution in [0.2, 0.25) is 0 Å². The molecule has 7 nitrogen and oxygen atoms in total. The second-order valence-corrected chi connectivity index (χ2v) is 6.60. The van der Waals surface area contributed by atoms with Crippen molar-refractivity contribution in [1.29, 1.82) is 0 Å². The molecule has 0 spiro atoms. The largest absolute Gasteiger partial charge is 0.482 e. The number of hydrogen-bond donors (Lipinski definition) is 2. The quantitative estimate of drug-likeness (QED) is 0.802. The monoisotopic (exact) mass is 314 g/mol. The van der Waals surface area contributed by atoms with Crippen LogP contribution in [0.3, 0.4) is 0 Å². The molecule has 8 heteroatoms. The average molecular weight is 314 g/mol. The second kappa shape index (κ2) is 6.88. The van der Waals surface area contributed by atoms with Gasteiger partial charge in [0.25, 0.3) is 0 Å². The molecular weight excluding hydrogens is 296 g/mol. The van der Waals surface area contributed by atoms with E-state index >= 15 is 0 Å². The molecule has 1 saturated heterocycles. The van der Waals surface area contributed by atoms with Crippen LogP contribution in [-0.2, 0) is 14.8 Å². The predicted molar refractivity (Wildman–Crippen MR) is 75.8 cm³/mol. The zero-order valence-electron chi connectivity index (χ0n) is 11.5. The molecule has 116 valence electrons. The molecule has 1 aromatic carbocycles.